The number of alkyl carbamates (subject to hydrolysis) is 1. The zero-order valence-electron chi connectivity index (χ0n) is 17.7. The number of amides is 1. The van der Waals surface area contributed by atoms with Gasteiger partial charge in [-0.15, -0.1) is 0 Å². The maximum absolute atomic E-state index is 14.5. The van der Waals surface area contributed by atoms with Gasteiger partial charge in [0.25, 0.3) is 0 Å². The van der Waals surface area contributed by atoms with Crippen molar-refractivity contribution in [3.63, 3.8) is 0 Å². The Morgan fingerprint density at radius 1 is 1.29 bits per heavy atom. The third-order valence-corrected chi connectivity index (χ3v) is 4.46. The minimum atomic E-state index is -1.06. The lowest BCUT2D eigenvalue weighted by Gasteiger charge is -2.37. The first-order valence-electron chi connectivity index (χ1n) is 9.17. The Bertz CT molecular complexity index is 733. The fourth-order valence-corrected chi connectivity index (χ4v) is 2.09. The van der Waals surface area contributed by atoms with Crippen LogP contribution in [0.15, 0.2) is 18.2 Å². The smallest absolute Gasteiger partial charge is 0.408 e. The summed E-state index contributed by atoms with van der Waals surface area (Å²) in [5.74, 6) is -0.492. The molecule has 0 unspecified atom stereocenters. The molecule has 0 aliphatic rings. The van der Waals surface area contributed by atoms with Crippen molar-refractivity contribution in [3.05, 3.63) is 29.6 Å². The van der Waals surface area contributed by atoms with Gasteiger partial charge in [0.2, 0.25) is 0 Å². The van der Waals surface area contributed by atoms with Crippen LogP contribution in [0.5, 0.6) is 0 Å². The Hall–Kier alpha value is -2.11. The number of carbonyl (C=O) groups is 1. The molecular formula is C20H30BFN2O4. The van der Waals surface area contributed by atoms with Crippen LogP contribution in [-0.4, -0.2) is 41.5 Å². The van der Waals surface area contributed by atoms with Crippen molar-refractivity contribution in [2.45, 2.75) is 77.7 Å². The van der Waals surface area contributed by atoms with Crippen molar-refractivity contribution >= 4 is 19.0 Å². The number of hydrogen-bond acceptors (Lipinski definition) is 5. The molecule has 1 aromatic carbocycles. The second-order valence-corrected chi connectivity index (χ2v) is 8.82. The molecule has 0 spiro atoms. The molecule has 0 fully saturated rings. The number of nitrogens with zero attached hydrogens (tertiary/aromatic N) is 1. The van der Waals surface area contributed by atoms with Crippen LogP contribution in [-0.2, 0) is 15.8 Å². The highest BCUT2D eigenvalue weighted by atomic mass is 19.1. The SMILES string of the molecule is CC(C)(C)OC(=O)N[C@H](C#N)Cc1ccc(BOC(C)(C)C(C)(C)O)cc1F. The fraction of sp³-hybridized carbons (Fsp3) is 0.600. The number of aliphatic hydroxyl groups is 1. The van der Waals surface area contributed by atoms with Crippen LogP contribution in [0.25, 0.3) is 0 Å². The van der Waals surface area contributed by atoms with Crippen molar-refractivity contribution in [1.82, 2.24) is 5.32 Å². The summed E-state index contributed by atoms with van der Waals surface area (Å²) in [5.41, 5.74) is -1.65. The number of rotatable bonds is 7. The zero-order valence-corrected chi connectivity index (χ0v) is 17.7. The van der Waals surface area contributed by atoms with Crippen LogP contribution in [0.2, 0.25) is 0 Å². The first-order valence-corrected chi connectivity index (χ1v) is 9.17. The fourth-order valence-electron chi connectivity index (χ4n) is 2.09. The van der Waals surface area contributed by atoms with E-state index < -0.39 is 34.8 Å². The van der Waals surface area contributed by atoms with E-state index in [1.54, 1.807) is 60.6 Å². The van der Waals surface area contributed by atoms with Crippen LogP contribution >= 0.6 is 0 Å². The molecule has 0 aromatic heterocycles. The lowest BCUT2D eigenvalue weighted by Crippen LogP contribution is -2.49. The lowest BCUT2D eigenvalue weighted by atomic mass is 9.82. The molecule has 1 rings (SSSR count). The van der Waals surface area contributed by atoms with Gasteiger partial charge in [0, 0.05) is 6.42 Å². The Morgan fingerprint density at radius 3 is 2.36 bits per heavy atom. The summed E-state index contributed by atoms with van der Waals surface area (Å²) in [4.78, 5) is 11.8. The molecule has 1 atom stereocenters. The molecule has 0 bridgehead atoms. The summed E-state index contributed by atoms with van der Waals surface area (Å²) < 4.78 is 25.3. The Morgan fingerprint density at radius 2 is 1.89 bits per heavy atom. The van der Waals surface area contributed by atoms with Gasteiger partial charge < -0.3 is 19.8 Å². The number of hydrogen-bond donors (Lipinski definition) is 2. The summed E-state index contributed by atoms with van der Waals surface area (Å²) in [5, 5.41) is 21.8. The molecule has 154 valence electrons. The van der Waals surface area contributed by atoms with Crippen molar-refractivity contribution in [3.8, 4) is 6.07 Å². The molecule has 0 saturated heterocycles. The van der Waals surface area contributed by atoms with E-state index in [0.29, 0.717) is 11.0 Å². The zero-order chi connectivity index (χ0) is 21.8. The average Bonchev–Trinajstić information content (AvgIpc) is 2.51. The molecule has 2 N–H and O–H groups in total. The van der Waals surface area contributed by atoms with Crippen LogP contribution < -0.4 is 10.8 Å². The van der Waals surface area contributed by atoms with Gasteiger partial charge >= 0.3 is 13.6 Å². The van der Waals surface area contributed by atoms with E-state index in [0.717, 1.165) is 0 Å². The number of halogens is 1. The molecule has 0 saturated carbocycles. The van der Waals surface area contributed by atoms with E-state index in [1.807, 2.05) is 6.07 Å². The summed E-state index contributed by atoms with van der Waals surface area (Å²) in [6.07, 6.45) is -0.712. The van der Waals surface area contributed by atoms with Gasteiger partial charge in [0.1, 0.15) is 17.5 Å². The van der Waals surface area contributed by atoms with Gasteiger partial charge in [0.05, 0.1) is 17.3 Å². The van der Waals surface area contributed by atoms with E-state index in [2.05, 4.69) is 5.32 Å². The second-order valence-electron chi connectivity index (χ2n) is 8.82. The molecule has 0 aliphatic heterocycles. The highest BCUT2D eigenvalue weighted by Crippen LogP contribution is 2.24. The Balaban J connectivity index is 2.76. The minimum Gasteiger partial charge on any atom is -0.444 e. The summed E-state index contributed by atoms with van der Waals surface area (Å²) in [6.45, 7) is 12.0. The van der Waals surface area contributed by atoms with Gasteiger partial charge in [-0.1, -0.05) is 12.1 Å². The monoisotopic (exact) mass is 392 g/mol. The van der Waals surface area contributed by atoms with E-state index in [-0.39, 0.29) is 13.9 Å². The standard InChI is InChI=1S/C20H30BFN2O4/c1-18(2,3)27-17(25)24-15(12-23)10-13-8-9-14(11-16(13)22)21-28-20(6,7)19(4,5)26/h8-9,11,15,21,26H,10H2,1-7H3,(H,24,25)/t15-/m0/s1. The maximum atomic E-state index is 14.5. The quantitative estimate of drug-likeness (QED) is 0.695. The molecular weight excluding hydrogens is 362 g/mol. The third-order valence-electron chi connectivity index (χ3n) is 4.46. The normalized spacial score (nSPS) is 13.4. The minimum absolute atomic E-state index is 0.0118. The molecule has 8 heteroatoms. The number of benzene rings is 1. The topological polar surface area (TPSA) is 91.6 Å². The van der Waals surface area contributed by atoms with Gasteiger partial charge in [-0.05, 0) is 65.6 Å². The van der Waals surface area contributed by atoms with E-state index in [4.69, 9.17) is 9.39 Å². The van der Waals surface area contributed by atoms with Gasteiger partial charge in [-0.2, -0.15) is 5.26 Å². The number of nitriles is 1. The molecule has 0 aliphatic carbocycles. The molecule has 0 radical (unpaired) electrons. The second kappa shape index (κ2) is 8.93. The largest absolute Gasteiger partial charge is 0.444 e. The number of nitrogens with one attached hydrogen (secondary N) is 1. The van der Waals surface area contributed by atoms with Crippen molar-refractivity contribution in [1.29, 1.82) is 5.26 Å². The van der Waals surface area contributed by atoms with Crippen molar-refractivity contribution in [2.24, 2.45) is 0 Å². The van der Waals surface area contributed by atoms with Crippen molar-refractivity contribution in [2.75, 3.05) is 0 Å². The first-order chi connectivity index (χ1) is 12.6. The molecule has 6 nitrogen and oxygen atoms in total. The highest BCUT2D eigenvalue weighted by molar-refractivity contribution is 6.47. The summed E-state index contributed by atoms with van der Waals surface area (Å²) in [7, 11) is 0.131. The van der Waals surface area contributed by atoms with E-state index >= 15 is 0 Å². The number of carbonyl (C=O) groups excluding carboxylic acids is 1. The number of ether oxygens (including phenoxy) is 1. The third kappa shape index (κ3) is 7.49. The predicted molar refractivity (Wildman–Crippen MR) is 107 cm³/mol. The molecule has 1 amide bonds. The lowest BCUT2D eigenvalue weighted by molar-refractivity contribution is -0.0893. The van der Waals surface area contributed by atoms with Crippen LogP contribution in [0, 0.1) is 17.1 Å². The molecule has 0 heterocycles. The van der Waals surface area contributed by atoms with Gasteiger partial charge in [0.15, 0.2) is 0 Å². The van der Waals surface area contributed by atoms with Gasteiger partial charge in [-0.25, -0.2) is 9.18 Å². The van der Waals surface area contributed by atoms with Crippen LogP contribution in [0.1, 0.15) is 54.0 Å². The van der Waals surface area contributed by atoms with Crippen LogP contribution in [0.3, 0.4) is 0 Å². The summed E-state index contributed by atoms with van der Waals surface area (Å²) >= 11 is 0. The molecule has 1 aromatic rings. The van der Waals surface area contributed by atoms with Crippen molar-refractivity contribution < 1.29 is 23.7 Å². The predicted octanol–water partition coefficient (Wildman–Crippen LogP) is 2.33. The highest BCUT2D eigenvalue weighted by Gasteiger charge is 2.35. The Labute approximate surface area is 167 Å². The molecule has 28 heavy (non-hydrogen) atoms. The van der Waals surface area contributed by atoms with E-state index in [9.17, 15) is 19.6 Å². The first kappa shape index (κ1) is 23.9. The van der Waals surface area contributed by atoms with Gasteiger partial charge in [-0.3, -0.25) is 0 Å². The Kier molecular flexibility index (Phi) is 7.63. The average molecular weight is 392 g/mol. The maximum Gasteiger partial charge on any atom is 0.408 e. The summed E-state index contributed by atoms with van der Waals surface area (Å²) in [6, 6.07) is 5.61. The van der Waals surface area contributed by atoms with E-state index in [1.165, 1.54) is 6.07 Å². The van der Waals surface area contributed by atoms with Crippen LogP contribution in [0.4, 0.5) is 9.18 Å².